The van der Waals surface area contributed by atoms with Crippen LogP contribution in [0.3, 0.4) is 0 Å². The third-order valence-electron chi connectivity index (χ3n) is 3.11. The third-order valence-corrected chi connectivity index (χ3v) is 5.11. The molecule has 6 heteroatoms. The van der Waals surface area contributed by atoms with E-state index in [1.807, 2.05) is 26.0 Å². The van der Waals surface area contributed by atoms with Gasteiger partial charge in [-0.25, -0.2) is 4.98 Å². The maximum absolute atomic E-state index is 11.4. The van der Waals surface area contributed by atoms with E-state index in [1.165, 1.54) is 0 Å². The minimum Gasteiger partial charge on any atom is -0.480 e. The molecule has 1 atom stereocenters. The Hall–Kier alpha value is -0.590. The quantitative estimate of drug-likeness (QED) is 0.506. The molecule has 0 aliphatic heterocycles. The number of carbonyl (C=O) groups is 1. The highest BCUT2D eigenvalue weighted by Crippen LogP contribution is 2.26. The van der Waals surface area contributed by atoms with Crippen LogP contribution in [0.5, 0.6) is 0 Å². The highest BCUT2D eigenvalue weighted by atomic mass is 79.9. The van der Waals surface area contributed by atoms with E-state index in [0.29, 0.717) is 6.42 Å². The lowest BCUT2D eigenvalue weighted by atomic mass is 9.94. The van der Waals surface area contributed by atoms with Crippen LogP contribution in [0.15, 0.2) is 27.8 Å². The first-order valence-electron chi connectivity index (χ1n) is 7.09. The van der Waals surface area contributed by atoms with E-state index in [1.54, 1.807) is 24.9 Å². The fourth-order valence-electron chi connectivity index (χ4n) is 2.10. The molecule has 0 saturated heterocycles. The number of carboxylic acids is 1. The summed E-state index contributed by atoms with van der Waals surface area (Å²) in [6, 6.07) is 4.03. The van der Waals surface area contributed by atoms with Crippen molar-refractivity contribution in [1.29, 1.82) is 0 Å². The van der Waals surface area contributed by atoms with Crippen LogP contribution in [0.25, 0.3) is 0 Å². The molecule has 4 nitrogen and oxygen atoms in total. The number of hydrogen-bond donors (Lipinski definition) is 2. The number of rotatable bonds is 9. The van der Waals surface area contributed by atoms with Crippen LogP contribution in [-0.4, -0.2) is 33.4 Å². The second-order valence-electron chi connectivity index (χ2n) is 5.53. The first kappa shape index (κ1) is 18.5. The Morgan fingerprint density at radius 1 is 1.52 bits per heavy atom. The van der Waals surface area contributed by atoms with Crippen molar-refractivity contribution < 1.29 is 9.90 Å². The summed E-state index contributed by atoms with van der Waals surface area (Å²) in [5, 5.41) is 13.5. The molecule has 2 N–H and O–H groups in total. The van der Waals surface area contributed by atoms with Crippen molar-refractivity contribution in [2.24, 2.45) is 0 Å². The van der Waals surface area contributed by atoms with Crippen LogP contribution < -0.4 is 5.32 Å². The number of halogens is 1. The maximum Gasteiger partial charge on any atom is 0.323 e. The van der Waals surface area contributed by atoms with Crippen LogP contribution >= 0.6 is 27.7 Å². The number of carboxylic acid groups (broad SMARTS) is 1. The molecular formula is C15H23BrN2O2S. The maximum atomic E-state index is 11.4. The fourth-order valence-corrected chi connectivity index (χ4v) is 3.59. The molecule has 1 heterocycles. The Kier molecular flexibility index (Phi) is 7.70. The molecule has 0 aliphatic rings. The second-order valence-corrected chi connectivity index (χ2v) is 7.47. The smallest absolute Gasteiger partial charge is 0.323 e. The van der Waals surface area contributed by atoms with Crippen molar-refractivity contribution in [2.75, 3.05) is 5.75 Å². The van der Waals surface area contributed by atoms with E-state index >= 15 is 0 Å². The summed E-state index contributed by atoms with van der Waals surface area (Å²) in [5.74, 6) is 0.156. The van der Waals surface area contributed by atoms with Gasteiger partial charge in [-0.3, -0.25) is 10.1 Å². The summed E-state index contributed by atoms with van der Waals surface area (Å²) < 4.78 is 1.01. The highest BCUT2D eigenvalue weighted by Gasteiger charge is 2.32. The molecule has 1 aromatic heterocycles. The van der Waals surface area contributed by atoms with Gasteiger partial charge < -0.3 is 5.11 Å². The van der Waals surface area contributed by atoms with Crippen molar-refractivity contribution in [2.45, 2.75) is 56.6 Å². The number of nitrogens with one attached hydrogen (secondary N) is 1. The minimum atomic E-state index is -0.843. The lowest BCUT2D eigenvalue weighted by Gasteiger charge is -2.28. The predicted molar refractivity (Wildman–Crippen MR) is 90.8 cm³/mol. The summed E-state index contributed by atoms with van der Waals surface area (Å²) >= 11 is 5.17. The molecule has 1 aromatic rings. The third kappa shape index (κ3) is 6.36. The molecule has 0 spiro atoms. The summed E-state index contributed by atoms with van der Waals surface area (Å²) in [7, 11) is 0. The van der Waals surface area contributed by atoms with Gasteiger partial charge >= 0.3 is 5.97 Å². The number of aliphatic carboxylic acids is 1. The lowest BCUT2D eigenvalue weighted by Crippen LogP contribution is -2.52. The van der Waals surface area contributed by atoms with E-state index in [4.69, 9.17) is 0 Å². The Morgan fingerprint density at radius 3 is 2.81 bits per heavy atom. The standard InChI is InChI=1S/C15H23BrN2O2S/c1-11(2)18-15(3,14(19)20)8-4-5-10-21-13-12(16)7-6-9-17-13/h6-7,9,11,18H,4-5,8,10H2,1-3H3,(H,19,20). The lowest BCUT2D eigenvalue weighted by molar-refractivity contribution is -0.144. The van der Waals surface area contributed by atoms with E-state index in [0.717, 1.165) is 28.1 Å². The van der Waals surface area contributed by atoms with Crippen molar-refractivity contribution in [3.8, 4) is 0 Å². The zero-order valence-corrected chi connectivity index (χ0v) is 15.1. The number of thioether (sulfide) groups is 1. The SMILES string of the molecule is CC(C)NC(C)(CCCCSc1ncccc1Br)C(=O)O. The molecule has 0 saturated carbocycles. The van der Waals surface area contributed by atoms with Gasteiger partial charge in [0, 0.05) is 16.7 Å². The zero-order chi connectivity index (χ0) is 15.9. The van der Waals surface area contributed by atoms with Gasteiger partial charge in [0.1, 0.15) is 10.6 Å². The van der Waals surface area contributed by atoms with Crippen LogP contribution in [0.1, 0.15) is 40.0 Å². The number of pyridine rings is 1. The summed E-state index contributed by atoms with van der Waals surface area (Å²) in [6.45, 7) is 5.70. The summed E-state index contributed by atoms with van der Waals surface area (Å²) in [5.41, 5.74) is -0.843. The Bertz CT molecular complexity index is 471. The van der Waals surface area contributed by atoms with Gasteiger partial charge in [0.2, 0.25) is 0 Å². The largest absolute Gasteiger partial charge is 0.480 e. The van der Waals surface area contributed by atoms with E-state index in [9.17, 15) is 9.90 Å². The minimum absolute atomic E-state index is 0.157. The van der Waals surface area contributed by atoms with Gasteiger partial charge in [0.05, 0.1) is 0 Å². The predicted octanol–water partition coefficient (Wildman–Crippen LogP) is 3.95. The van der Waals surface area contributed by atoms with Crippen LogP contribution in [0, 0.1) is 0 Å². The summed E-state index contributed by atoms with van der Waals surface area (Å²) in [4.78, 5) is 15.7. The molecule has 0 fully saturated rings. The molecular weight excluding hydrogens is 352 g/mol. The fraction of sp³-hybridized carbons (Fsp3) is 0.600. The van der Waals surface area contributed by atoms with E-state index in [-0.39, 0.29) is 6.04 Å². The molecule has 118 valence electrons. The van der Waals surface area contributed by atoms with Crippen molar-refractivity contribution >= 4 is 33.7 Å². The van der Waals surface area contributed by atoms with E-state index in [2.05, 4.69) is 26.2 Å². The molecule has 0 amide bonds. The number of unbranched alkanes of at least 4 members (excludes halogenated alkanes) is 1. The molecule has 0 bridgehead atoms. The van der Waals surface area contributed by atoms with Gasteiger partial charge in [-0.1, -0.05) is 6.42 Å². The monoisotopic (exact) mass is 374 g/mol. The van der Waals surface area contributed by atoms with Crippen molar-refractivity contribution in [3.63, 3.8) is 0 Å². The average molecular weight is 375 g/mol. The molecule has 0 radical (unpaired) electrons. The van der Waals surface area contributed by atoms with Crippen LogP contribution in [-0.2, 0) is 4.79 Å². The van der Waals surface area contributed by atoms with Crippen molar-refractivity contribution in [1.82, 2.24) is 10.3 Å². The zero-order valence-electron chi connectivity index (χ0n) is 12.7. The molecule has 21 heavy (non-hydrogen) atoms. The van der Waals surface area contributed by atoms with Gasteiger partial charge in [0.15, 0.2) is 0 Å². The number of nitrogens with zero attached hydrogens (tertiary/aromatic N) is 1. The molecule has 0 aliphatic carbocycles. The second kappa shape index (κ2) is 8.76. The Morgan fingerprint density at radius 2 is 2.24 bits per heavy atom. The van der Waals surface area contributed by atoms with Crippen molar-refractivity contribution in [3.05, 3.63) is 22.8 Å². The van der Waals surface area contributed by atoms with E-state index < -0.39 is 11.5 Å². The summed E-state index contributed by atoms with van der Waals surface area (Å²) in [6.07, 6.45) is 4.25. The average Bonchev–Trinajstić information content (AvgIpc) is 2.39. The number of aromatic nitrogens is 1. The number of hydrogen-bond acceptors (Lipinski definition) is 4. The van der Waals surface area contributed by atoms with Crippen LogP contribution in [0.4, 0.5) is 0 Å². The first-order valence-corrected chi connectivity index (χ1v) is 8.87. The topological polar surface area (TPSA) is 62.2 Å². The molecule has 1 unspecified atom stereocenters. The highest BCUT2D eigenvalue weighted by molar-refractivity contribution is 9.10. The van der Waals surface area contributed by atoms with Gasteiger partial charge in [-0.15, -0.1) is 11.8 Å². The van der Waals surface area contributed by atoms with Crippen LogP contribution in [0.2, 0.25) is 0 Å². The first-order chi connectivity index (χ1) is 9.85. The molecule has 1 rings (SSSR count). The normalized spacial score (nSPS) is 14.1. The Labute approximate surface area is 139 Å². The Balaban J connectivity index is 2.35. The van der Waals surface area contributed by atoms with Gasteiger partial charge in [-0.05, 0) is 67.4 Å². The van der Waals surface area contributed by atoms with Gasteiger partial charge in [0.25, 0.3) is 0 Å². The molecule has 0 aromatic carbocycles. The van der Waals surface area contributed by atoms with Gasteiger partial charge in [-0.2, -0.15) is 0 Å².